The van der Waals surface area contributed by atoms with Crippen LogP contribution in [-0.4, -0.2) is 25.6 Å². The van der Waals surface area contributed by atoms with Crippen LogP contribution in [0.4, 0.5) is 5.69 Å². The normalized spacial score (nSPS) is 10.6. The van der Waals surface area contributed by atoms with Gasteiger partial charge in [0.2, 0.25) is 0 Å². The molecule has 1 amide bonds. The van der Waals surface area contributed by atoms with E-state index in [-0.39, 0.29) is 4.88 Å². The quantitative estimate of drug-likeness (QED) is 0.601. The molecule has 0 saturated heterocycles. The van der Waals surface area contributed by atoms with Gasteiger partial charge in [-0.15, -0.1) is 11.3 Å². The van der Waals surface area contributed by atoms with Gasteiger partial charge < -0.3 is 14.8 Å². The summed E-state index contributed by atoms with van der Waals surface area (Å²) in [6.45, 7) is -0.446. The Morgan fingerprint density at radius 3 is 2.65 bits per heavy atom. The SMILES string of the molecule is COc1ccc2c(Cl)c(C(=O)OCC(=O)Nc3ccccc3Cl)sc2c1. The minimum Gasteiger partial charge on any atom is -0.497 e. The van der Waals surface area contributed by atoms with Crippen molar-refractivity contribution in [1.82, 2.24) is 0 Å². The van der Waals surface area contributed by atoms with Crippen LogP contribution in [0.2, 0.25) is 10.0 Å². The number of para-hydroxylation sites is 1. The van der Waals surface area contributed by atoms with Crippen molar-refractivity contribution in [1.29, 1.82) is 0 Å². The number of methoxy groups -OCH3 is 1. The maximum absolute atomic E-state index is 12.3. The first-order valence-electron chi connectivity index (χ1n) is 7.47. The van der Waals surface area contributed by atoms with Crippen molar-refractivity contribution in [2.24, 2.45) is 0 Å². The highest BCUT2D eigenvalue weighted by molar-refractivity contribution is 7.21. The van der Waals surface area contributed by atoms with Gasteiger partial charge in [0, 0.05) is 10.1 Å². The largest absolute Gasteiger partial charge is 0.497 e. The highest BCUT2D eigenvalue weighted by atomic mass is 35.5. The molecule has 2 aromatic carbocycles. The van der Waals surface area contributed by atoms with Gasteiger partial charge >= 0.3 is 5.97 Å². The first kappa shape index (κ1) is 18.5. The van der Waals surface area contributed by atoms with E-state index in [1.165, 1.54) is 11.3 Å². The van der Waals surface area contributed by atoms with Crippen LogP contribution in [0.1, 0.15) is 9.67 Å². The van der Waals surface area contributed by atoms with E-state index < -0.39 is 18.5 Å². The maximum atomic E-state index is 12.3. The zero-order valence-corrected chi connectivity index (χ0v) is 15.9. The number of fused-ring (bicyclic) bond motifs is 1. The Morgan fingerprint density at radius 2 is 1.92 bits per heavy atom. The molecule has 3 aromatic rings. The average Bonchev–Trinajstić information content (AvgIpc) is 2.97. The third kappa shape index (κ3) is 3.93. The number of esters is 1. The fraction of sp³-hybridized carbons (Fsp3) is 0.111. The number of amides is 1. The van der Waals surface area contributed by atoms with Gasteiger partial charge in [0.25, 0.3) is 5.91 Å². The van der Waals surface area contributed by atoms with Crippen molar-refractivity contribution in [3.63, 3.8) is 0 Å². The lowest BCUT2D eigenvalue weighted by atomic mass is 10.2. The smallest absolute Gasteiger partial charge is 0.350 e. The van der Waals surface area contributed by atoms with E-state index >= 15 is 0 Å². The molecule has 0 aliphatic rings. The molecule has 0 bridgehead atoms. The summed E-state index contributed by atoms with van der Waals surface area (Å²) in [6.07, 6.45) is 0. The minimum atomic E-state index is -0.663. The number of benzene rings is 2. The fourth-order valence-electron chi connectivity index (χ4n) is 2.25. The molecular weight excluding hydrogens is 397 g/mol. The van der Waals surface area contributed by atoms with Crippen molar-refractivity contribution in [3.05, 3.63) is 57.4 Å². The van der Waals surface area contributed by atoms with Crippen LogP contribution in [0, 0.1) is 0 Å². The third-order valence-corrected chi connectivity index (χ3v) is 5.47. The molecule has 0 atom stereocenters. The molecule has 0 aliphatic heterocycles. The van der Waals surface area contributed by atoms with Crippen LogP contribution < -0.4 is 10.1 Å². The zero-order valence-electron chi connectivity index (χ0n) is 13.5. The number of carbonyl (C=O) groups is 2. The number of halogens is 2. The molecule has 0 saturated carbocycles. The van der Waals surface area contributed by atoms with Crippen molar-refractivity contribution in [3.8, 4) is 5.75 Å². The van der Waals surface area contributed by atoms with E-state index in [0.29, 0.717) is 21.5 Å². The number of nitrogens with one attached hydrogen (secondary N) is 1. The van der Waals surface area contributed by atoms with Crippen LogP contribution in [0.5, 0.6) is 5.75 Å². The monoisotopic (exact) mass is 409 g/mol. The molecule has 0 unspecified atom stereocenters. The predicted molar refractivity (Wildman–Crippen MR) is 104 cm³/mol. The van der Waals surface area contributed by atoms with Gasteiger partial charge in [-0.3, -0.25) is 4.79 Å². The fourth-order valence-corrected chi connectivity index (χ4v) is 3.86. The molecule has 0 aliphatic carbocycles. The summed E-state index contributed by atoms with van der Waals surface area (Å²) in [5, 5.41) is 4.00. The Hall–Kier alpha value is -2.28. The lowest BCUT2D eigenvalue weighted by Gasteiger charge is -2.07. The highest BCUT2D eigenvalue weighted by Crippen LogP contribution is 2.37. The third-order valence-electron chi connectivity index (χ3n) is 3.50. The summed E-state index contributed by atoms with van der Waals surface area (Å²) in [4.78, 5) is 24.5. The summed E-state index contributed by atoms with van der Waals surface area (Å²) >= 11 is 13.4. The number of hydrogen-bond acceptors (Lipinski definition) is 5. The second kappa shape index (κ2) is 7.95. The van der Waals surface area contributed by atoms with Crippen LogP contribution in [0.3, 0.4) is 0 Å². The Morgan fingerprint density at radius 1 is 1.15 bits per heavy atom. The van der Waals surface area contributed by atoms with E-state index in [0.717, 1.165) is 10.1 Å². The average molecular weight is 410 g/mol. The van der Waals surface area contributed by atoms with Crippen LogP contribution >= 0.6 is 34.5 Å². The Balaban J connectivity index is 1.68. The molecule has 1 N–H and O–H groups in total. The molecule has 0 spiro atoms. The van der Waals surface area contributed by atoms with Crippen molar-refractivity contribution in [2.45, 2.75) is 0 Å². The lowest BCUT2D eigenvalue weighted by molar-refractivity contribution is -0.119. The Bertz CT molecular complexity index is 986. The second-order valence-corrected chi connectivity index (χ2v) is 7.05. The maximum Gasteiger partial charge on any atom is 0.350 e. The molecule has 0 fully saturated rings. The molecule has 134 valence electrons. The van der Waals surface area contributed by atoms with Crippen molar-refractivity contribution in [2.75, 3.05) is 19.0 Å². The van der Waals surface area contributed by atoms with E-state index in [1.54, 1.807) is 49.6 Å². The van der Waals surface area contributed by atoms with Gasteiger partial charge in [-0.1, -0.05) is 35.3 Å². The molecule has 3 rings (SSSR count). The van der Waals surface area contributed by atoms with Crippen molar-refractivity contribution < 1.29 is 19.1 Å². The topological polar surface area (TPSA) is 64.6 Å². The number of rotatable bonds is 5. The minimum absolute atomic E-state index is 0.237. The predicted octanol–water partition coefficient (Wildman–Crippen LogP) is 5.01. The van der Waals surface area contributed by atoms with Gasteiger partial charge in [-0.25, -0.2) is 4.79 Å². The Kier molecular flexibility index (Phi) is 5.66. The highest BCUT2D eigenvalue weighted by Gasteiger charge is 2.20. The zero-order chi connectivity index (χ0) is 18.7. The molecule has 26 heavy (non-hydrogen) atoms. The van der Waals surface area contributed by atoms with Crippen LogP contribution in [-0.2, 0) is 9.53 Å². The first-order chi connectivity index (χ1) is 12.5. The van der Waals surface area contributed by atoms with Gasteiger partial charge in [-0.2, -0.15) is 0 Å². The summed E-state index contributed by atoms with van der Waals surface area (Å²) in [5.74, 6) is -0.496. The van der Waals surface area contributed by atoms with E-state index in [9.17, 15) is 9.59 Å². The number of anilines is 1. The van der Waals surface area contributed by atoms with E-state index in [1.807, 2.05) is 0 Å². The number of hydrogen-bond donors (Lipinski definition) is 1. The summed E-state index contributed by atoms with van der Waals surface area (Å²) in [6, 6.07) is 12.1. The molecule has 5 nitrogen and oxygen atoms in total. The molecule has 1 aromatic heterocycles. The standard InChI is InChI=1S/C18H13Cl2NO4S/c1-24-10-6-7-11-14(8-10)26-17(16(11)20)18(23)25-9-15(22)21-13-5-3-2-4-12(13)19/h2-8H,9H2,1H3,(H,21,22). The number of ether oxygens (including phenoxy) is 2. The molecule has 1 heterocycles. The molecular formula is C18H13Cl2NO4S. The summed E-state index contributed by atoms with van der Waals surface area (Å²) < 4.78 is 11.0. The summed E-state index contributed by atoms with van der Waals surface area (Å²) in [5.41, 5.74) is 0.446. The van der Waals surface area contributed by atoms with E-state index in [2.05, 4.69) is 5.32 Å². The van der Waals surface area contributed by atoms with E-state index in [4.69, 9.17) is 32.7 Å². The van der Waals surface area contributed by atoms with Crippen LogP contribution in [0.15, 0.2) is 42.5 Å². The first-order valence-corrected chi connectivity index (χ1v) is 9.04. The van der Waals surface area contributed by atoms with Gasteiger partial charge in [0.1, 0.15) is 10.6 Å². The van der Waals surface area contributed by atoms with Gasteiger partial charge in [0.05, 0.1) is 22.8 Å². The Labute approximate surface area is 163 Å². The lowest BCUT2D eigenvalue weighted by Crippen LogP contribution is -2.20. The number of carbonyl (C=O) groups excluding carboxylic acids is 2. The molecule has 8 heteroatoms. The van der Waals surface area contributed by atoms with Gasteiger partial charge in [0.15, 0.2) is 6.61 Å². The second-order valence-electron chi connectivity index (χ2n) is 5.21. The number of thiophene rings is 1. The van der Waals surface area contributed by atoms with Crippen molar-refractivity contribution >= 4 is 62.2 Å². The summed E-state index contributed by atoms with van der Waals surface area (Å²) in [7, 11) is 1.56. The molecule has 0 radical (unpaired) electrons. The van der Waals surface area contributed by atoms with Gasteiger partial charge in [-0.05, 0) is 30.3 Å². The van der Waals surface area contributed by atoms with Crippen LogP contribution in [0.25, 0.3) is 10.1 Å².